The van der Waals surface area contributed by atoms with E-state index in [0.29, 0.717) is 17.7 Å². The van der Waals surface area contributed by atoms with E-state index in [2.05, 4.69) is 20.6 Å². The van der Waals surface area contributed by atoms with Crippen molar-refractivity contribution < 1.29 is 14.0 Å². The molecule has 0 aliphatic carbocycles. The Morgan fingerprint density at radius 3 is 2.53 bits per heavy atom. The highest BCUT2D eigenvalue weighted by molar-refractivity contribution is 6.05. The number of nitrogen functional groups attached to an aromatic ring is 1. The maximum absolute atomic E-state index is 13.3. The fraction of sp³-hybridized carbons (Fsp3) is 0.0455. The van der Waals surface area contributed by atoms with Crippen molar-refractivity contribution in [2.24, 2.45) is 0 Å². The summed E-state index contributed by atoms with van der Waals surface area (Å²) in [5.41, 5.74) is 9.56. The van der Waals surface area contributed by atoms with Gasteiger partial charge < -0.3 is 21.4 Å². The molecule has 5 N–H and O–H groups in total. The third kappa shape index (κ3) is 4.12. The molecular formula is C22H18FN5O2. The van der Waals surface area contributed by atoms with Crippen LogP contribution in [-0.4, -0.2) is 21.8 Å². The highest BCUT2D eigenvalue weighted by atomic mass is 19.1. The molecule has 2 amide bonds. The van der Waals surface area contributed by atoms with Crippen LogP contribution in [0.15, 0.2) is 67.0 Å². The summed E-state index contributed by atoms with van der Waals surface area (Å²) in [4.78, 5) is 31.8. The number of carbonyl (C=O) groups excluding carboxylic acids is 2. The van der Waals surface area contributed by atoms with Gasteiger partial charge in [0.15, 0.2) is 0 Å². The van der Waals surface area contributed by atoms with Crippen molar-refractivity contribution in [3.63, 3.8) is 0 Å². The van der Waals surface area contributed by atoms with Gasteiger partial charge in [-0.05, 0) is 54.1 Å². The number of hydrogen-bond donors (Lipinski definition) is 4. The van der Waals surface area contributed by atoms with E-state index in [1.807, 2.05) is 0 Å². The number of fused-ring (bicyclic) bond motifs is 1. The number of nitrogens with zero attached hydrogens (tertiary/aromatic N) is 1. The molecule has 0 atom stereocenters. The molecule has 1 aromatic heterocycles. The van der Waals surface area contributed by atoms with Gasteiger partial charge in [0, 0.05) is 17.7 Å². The number of halogens is 1. The lowest BCUT2D eigenvalue weighted by Gasteiger charge is -2.09. The van der Waals surface area contributed by atoms with E-state index >= 15 is 0 Å². The number of benzene rings is 3. The number of aromatic nitrogens is 2. The van der Waals surface area contributed by atoms with E-state index in [-0.39, 0.29) is 17.3 Å². The van der Waals surface area contributed by atoms with Gasteiger partial charge in [0.1, 0.15) is 5.82 Å². The Morgan fingerprint density at radius 2 is 1.73 bits per heavy atom. The monoisotopic (exact) mass is 403 g/mol. The van der Waals surface area contributed by atoms with Crippen LogP contribution in [0.4, 0.5) is 15.8 Å². The van der Waals surface area contributed by atoms with Gasteiger partial charge in [0.05, 0.1) is 28.7 Å². The Bertz CT molecular complexity index is 1230. The SMILES string of the molecule is Nc1ccc(F)cc1NC(=O)c1ccc(CNC(=O)c2ccc3nc[nH]c3c2)cc1. The Hall–Kier alpha value is -4.20. The first-order valence-corrected chi connectivity index (χ1v) is 9.16. The average molecular weight is 403 g/mol. The summed E-state index contributed by atoms with van der Waals surface area (Å²) in [6.07, 6.45) is 1.58. The Labute approximate surface area is 171 Å². The van der Waals surface area contributed by atoms with E-state index in [1.54, 1.807) is 48.8 Å². The highest BCUT2D eigenvalue weighted by Gasteiger charge is 2.10. The minimum Gasteiger partial charge on any atom is -0.397 e. The Balaban J connectivity index is 1.37. The number of H-pyrrole nitrogens is 1. The zero-order valence-electron chi connectivity index (χ0n) is 15.8. The predicted octanol–water partition coefficient (Wildman–Crippen LogP) is 3.47. The zero-order chi connectivity index (χ0) is 21.1. The lowest BCUT2D eigenvalue weighted by molar-refractivity contribution is 0.0950. The van der Waals surface area contributed by atoms with Crippen molar-refractivity contribution in [3.8, 4) is 0 Å². The van der Waals surface area contributed by atoms with Gasteiger partial charge in [-0.25, -0.2) is 9.37 Å². The van der Waals surface area contributed by atoms with Crippen molar-refractivity contribution in [1.29, 1.82) is 0 Å². The van der Waals surface area contributed by atoms with Gasteiger partial charge in [0.25, 0.3) is 11.8 Å². The second-order valence-corrected chi connectivity index (χ2v) is 6.70. The predicted molar refractivity (Wildman–Crippen MR) is 112 cm³/mol. The van der Waals surface area contributed by atoms with Crippen LogP contribution in [0.5, 0.6) is 0 Å². The van der Waals surface area contributed by atoms with Crippen LogP contribution >= 0.6 is 0 Å². The second kappa shape index (κ2) is 8.04. The summed E-state index contributed by atoms with van der Waals surface area (Å²) >= 11 is 0. The summed E-state index contributed by atoms with van der Waals surface area (Å²) < 4.78 is 13.3. The molecule has 7 nitrogen and oxygen atoms in total. The van der Waals surface area contributed by atoms with Crippen LogP contribution < -0.4 is 16.4 Å². The first-order valence-electron chi connectivity index (χ1n) is 9.16. The van der Waals surface area contributed by atoms with Crippen LogP contribution in [0.1, 0.15) is 26.3 Å². The molecule has 0 saturated heterocycles. The first-order chi connectivity index (χ1) is 14.5. The third-order valence-corrected chi connectivity index (χ3v) is 4.62. The molecule has 0 fully saturated rings. The van der Waals surface area contributed by atoms with Crippen LogP contribution in [0.25, 0.3) is 11.0 Å². The molecule has 30 heavy (non-hydrogen) atoms. The maximum atomic E-state index is 13.3. The van der Waals surface area contributed by atoms with Crippen molar-refractivity contribution in [2.75, 3.05) is 11.1 Å². The van der Waals surface area contributed by atoms with E-state index in [1.165, 1.54) is 12.1 Å². The van der Waals surface area contributed by atoms with E-state index in [4.69, 9.17) is 5.73 Å². The van der Waals surface area contributed by atoms with Gasteiger partial charge in [-0.3, -0.25) is 9.59 Å². The van der Waals surface area contributed by atoms with E-state index in [9.17, 15) is 14.0 Å². The number of nitrogens with two attached hydrogens (primary N) is 1. The highest BCUT2D eigenvalue weighted by Crippen LogP contribution is 2.20. The molecule has 0 bridgehead atoms. The van der Waals surface area contributed by atoms with Crippen molar-refractivity contribution in [3.05, 3.63) is 89.5 Å². The summed E-state index contributed by atoms with van der Waals surface area (Å²) in [5, 5.41) is 5.43. The molecule has 0 unspecified atom stereocenters. The number of aromatic amines is 1. The minimum absolute atomic E-state index is 0.213. The second-order valence-electron chi connectivity index (χ2n) is 6.70. The van der Waals surface area contributed by atoms with Gasteiger partial charge in [0.2, 0.25) is 0 Å². The lowest BCUT2D eigenvalue weighted by atomic mass is 10.1. The quantitative estimate of drug-likeness (QED) is 0.382. The molecule has 0 radical (unpaired) electrons. The smallest absolute Gasteiger partial charge is 0.255 e. The van der Waals surface area contributed by atoms with Crippen LogP contribution in [0.2, 0.25) is 0 Å². The summed E-state index contributed by atoms with van der Waals surface area (Å²) in [7, 11) is 0. The van der Waals surface area contributed by atoms with Crippen LogP contribution in [-0.2, 0) is 6.54 Å². The molecule has 8 heteroatoms. The number of hydrogen-bond acceptors (Lipinski definition) is 4. The van der Waals surface area contributed by atoms with Crippen molar-refractivity contribution in [2.45, 2.75) is 6.54 Å². The molecular weight excluding hydrogens is 385 g/mol. The number of nitrogens with one attached hydrogen (secondary N) is 3. The van der Waals surface area contributed by atoms with E-state index < -0.39 is 11.7 Å². The largest absolute Gasteiger partial charge is 0.397 e. The molecule has 3 aromatic carbocycles. The Morgan fingerprint density at radius 1 is 0.967 bits per heavy atom. The molecule has 1 heterocycles. The molecule has 0 saturated carbocycles. The molecule has 4 aromatic rings. The van der Waals surface area contributed by atoms with Crippen LogP contribution in [0, 0.1) is 5.82 Å². The number of carbonyl (C=O) groups is 2. The topological polar surface area (TPSA) is 113 Å². The lowest BCUT2D eigenvalue weighted by Crippen LogP contribution is -2.22. The first kappa shape index (κ1) is 19.1. The standard InChI is InChI=1S/C22H18FN5O2/c23-16-6-7-17(24)19(10-16)28-22(30)14-3-1-13(2-4-14)11-25-21(29)15-5-8-18-20(9-15)27-12-26-18/h1-10,12H,11,24H2,(H,25,29)(H,26,27)(H,28,30). The Kier molecular flexibility index (Phi) is 5.13. The number of amides is 2. The summed E-state index contributed by atoms with van der Waals surface area (Å²) in [5.74, 6) is -1.11. The van der Waals surface area contributed by atoms with Gasteiger partial charge >= 0.3 is 0 Å². The number of imidazole rings is 1. The minimum atomic E-state index is -0.489. The van der Waals surface area contributed by atoms with Gasteiger partial charge in [-0.15, -0.1) is 0 Å². The number of anilines is 2. The molecule has 150 valence electrons. The van der Waals surface area contributed by atoms with Crippen molar-refractivity contribution in [1.82, 2.24) is 15.3 Å². The van der Waals surface area contributed by atoms with Gasteiger partial charge in [-0.2, -0.15) is 0 Å². The summed E-state index contributed by atoms with van der Waals surface area (Å²) in [6, 6.07) is 15.7. The van der Waals surface area contributed by atoms with Crippen molar-refractivity contribution >= 4 is 34.2 Å². The molecule has 0 aliphatic rings. The average Bonchev–Trinajstić information content (AvgIpc) is 3.23. The van der Waals surface area contributed by atoms with Crippen LogP contribution in [0.3, 0.4) is 0 Å². The number of rotatable bonds is 5. The fourth-order valence-electron chi connectivity index (χ4n) is 2.97. The molecule has 0 spiro atoms. The third-order valence-electron chi connectivity index (χ3n) is 4.62. The fourth-order valence-corrected chi connectivity index (χ4v) is 2.97. The summed E-state index contributed by atoms with van der Waals surface area (Å²) in [6.45, 7) is 0.304. The van der Waals surface area contributed by atoms with E-state index in [0.717, 1.165) is 22.7 Å². The van der Waals surface area contributed by atoms with Gasteiger partial charge in [-0.1, -0.05) is 12.1 Å². The molecule has 4 rings (SSSR count). The maximum Gasteiger partial charge on any atom is 0.255 e. The normalized spacial score (nSPS) is 10.7. The zero-order valence-corrected chi connectivity index (χ0v) is 15.8. The molecule has 0 aliphatic heterocycles.